The van der Waals surface area contributed by atoms with Crippen molar-refractivity contribution in [3.63, 3.8) is 0 Å². The van der Waals surface area contributed by atoms with Crippen LogP contribution in [0.4, 0.5) is 48.3 Å². The highest BCUT2D eigenvalue weighted by atomic mass is 32.2. The molecule has 8 nitrogen and oxygen atoms in total. The molecule has 2 atom stereocenters. The lowest BCUT2D eigenvalue weighted by atomic mass is 10.0. The van der Waals surface area contributed by atoms with Crippen LogP contribution in [0.3, 0.4) is 0 Å². The van der Waals surface area contributed by atoms with E-state index in [2.05, 4.69) is 14.2 Å². The van der Waals surface area contributed by atoms with Crippen LogP contribution in [-0.2, 0) is 30.5 Å². The Bertz CT molecular complexity index is 1700. The van der Waals surface area contributed by atoms with Crippen LogP contribution in [0.1, 0.15) is 0 Å². The molecule has 0 amide bonds. The van der Waals surface area contributed by atoms with Gasteiger partial charge in [0.05, 0.1) is 0 Å². The standard InChI is InChI=1S/C27H19F11O8S2/c1-42-14-44-23(26(33,34)35,27(36,37)38)13-43-16-8-11-21-19(12-16)46-18-4-2-3-5-20(18)47(21)17-9-6-15(7-10-17)45-22(24(28,29)30)25(31,32)48(39,40)41/h2-12,22H,13-14H2,1H3. The van der Waals surface area contributed by atoms with E-state index in [0.29, 0.717) is 4.90 Å². The van der Waals surface area contributed by atoms with E-state index in [1.807, 2.05) is 0 Å². The van der Waals surface area contributed by atoms with E-state index in [4.69, 9.17) is 9.47 Å². The Morgan fingerprint density at radius 2 is 1.35 bits per heavy atom. The molecule has 264 valence electrons. The number of ether oxygens (including phenoxy) is 5. The van der Waals surface area contributed by atoms with Crippen molar-refractivity contribution in [2.24, 2.45) is 0 Å². The van der Waals surface area contributed by atoms with Gasteiger partial charge in [0.2, 0.25) is 9.79 Å². The summed E-state index contributed by atoms with van der Waals surface area (Å²) in [6.07, 6.45) is -22.3. The Balaban J connectivity index is 1.68. The zero-order chi connectivity index (χ0) is 35.9. The van der Waals surface area contributed by atoms with E-state index in [1.54, 1.807) is 12.1 Å². The summed E-state index contributed by atoms with van der Waals surface area (Å²) in [7, 11) is -7.24. The van der Waals surface area contributed by atoms with E-state index in [1.165, 1.54) is 18.2 Å². The number of fused-ring (bicyclic) bond motifs is 2. The lowest BCUT2D eigenvalue weighted by Crippen LogP contribution is -2.62. The molecule has 0 bridgehead atoms. The van der Waals surface area contributed by atoms with Crippen LogP contribution in [0.5, 0.6) is 23.0 Å². The Kier molecular flexibility index (Phi) is 10.1. The van der Waals surface area contributed by atoms with Gasteiger partial charge in [-0.25, -0.2) is 8.42 Å². The fourth-order valence-corrected chi connectivity index (χ4v) is 6.77. The minimum atomic E-state index is -6.81. The van der Waals surface area contributed by atoms with Gasteiger partial charge in [0.25, 0.3) is 11.7 Å². The van der Waals surface area contributed by atoms with Crippen LogP contribution in [0.15, 0.2) is 81.4 Å². The first-order chi connectivity index (χ1) is 22.0. The van der Waals surface area contributed by atoms with Gasteiger partial charge in [-0.1, -0.05) is 12.1 Å². The molecule has 1 heterocycles. The van der Waals surface area contributed by atoms with Gasteiger partial charge in [-0.15, -0.1) is 0 Å². The summed E-state index contributed by atoms with van der Waals surface area (Å²) in [6.45, 7) is -3.45. The molecule has 0 saturated carbocycles. The highest BCUT2D eigenvalue weighted by Gasteiger charge is 2.73. The molecule has 1 aliphatic rings. The first kappa shape index (κ1) is 37.3. The minimum Gasteiger partial charge on any atom is -0.743 e. The van der Waals surface area contributed by atoms with Crippen molar-refractivity contribution in [1.29, 1.82) is 0 Å². The second-order valence-electron chi connectivity index (χ2n) is 9.65. The molecule has 0 saturated heterocycles. The number of methoxy groups -OCH3 is 1. The molecular formula is C27H19F11O8S2. The third-order valence-electron chi connectivity index (χ3n) is 6.45. The summed E-state index contributed by atoms with van der Waals surface area (Å²) >= 11 is 0. The summed E-state index contributed by atoms with van der Waals surface area (Å²) in [6, 6.07) is 13.2. The quantitative estimate of drug-likeness (QED) is 0.0688. The average molecular weight is 745 g/mol. The van der Waals surface area contributed by atoms with Gasteiger partial charge >= 0.3 is 23.8 Å². The fourth-order valence-electron chi connectivity index (χ4n) is 4.14. The van der Waals surface area contributed by atoms with E-state index in [0.717, 1.165) is 43.5 Å². The van der Waals surface area contributed by atoms with Crippen LogP contribution in [0, 0.1) is 0 Å². The minimum absolute atomic E-state index is 0.102. The van der Waals surface area contributed by atoms with Crippen molar-refractivity contribution in [2.45, 2.75) is 50.2 Å². The zero-order valence-corrected chi connectivity index (χ0v) is 25.2. The van der Waals surface area contributed by atoms with Crippen molar-refractivity contribution in [1.82, 2.24) is 0 Å². The van der Waals surface area contributed by atoms with Gasteiger partial charge < -0.3 is 28.2 Å². The molecule has 3 aromatic rings. The van der Waals surface area contributed by atoms with E-state index >= 15 is 0 Å². The van der Waals surface area contributed by atoms with Crippen LogP contribution in [-0.4, -0.2) is 69.0 Å². The summed E-state index contributed by atoms with van der Waals surface area (Å²) in [5.74, 6) is -1.35. The van der Waals surface area contributed by atoms with Crippen LogP contribution in [0.25, 0.3) is 0 Å². The topological polar surface area (TPSA) is 103 Å². The SMILES string of the molecule is COCOC(COc1ccc2c(c1)Oc1ccccc1[S+]2c1ccc(OC(C(F)(F)F)C(F)(F)S(=O)(=O)[O-])cc1)(C(F)(F)F)C(F)(F)F. The van der Waals surface area contributed by atoms with Crippen LogP contribution < -0.4 is 14.2 Å². The second-order valence-corrected chi connectivity index (χ2v) is 13.1. The number of rotatable bonds is 11. The summed E-state index contributed by atoms with van der Waals surface area (Å²) in [4.78, 5) is 0.979. The lowest BCUT2D eigenvalue weighted by molar-refractivity contribution is -0.397. The maximum absolute atomic E-state index is 13.9. The van der Waals surface area contributed by atoms with Gasteiger partial charge in [0, 0.05) is 19.2 Å². The van der Waals surface area contributed by atoms with Gasteiger partial charge in [-0.05, 0) is 42.5 Å². The van der Waals surface area contributed by atoms with Crippen LogP contribution >= 0.6 is 0 Å². The largest absolute Gasteiger partial charge is 0.743 e. The first-order valence-corrected chi connectivity index (χ1v) is 15.4. The molecule has 4 rings (SSSR count). The second kappa shape index (κ2) is 13.1. The number of alkyl halides is 11. The lowest BCUT2D eigenvalue weighted by Gasteiger charge is -2.36. The Morgan fingerprint density at radius 3 is 1.90 bits per heavy atom. The average Bonchev–Trinajstić information content (AvgIpc) is 2.96. The molecule has 48 heavy (non-hydrogen) atoms. The zero-order valence-electron chi connectivity index (χ0n) is 23.6. The monoisotopic (exact) mass is 744 g/mol. The number of halogens is 11. The Labute approximate surface area is 266 Å². The molecule has 21 heteroatoms. The summed E-state index contributed by atoms with van der Waals surface area (Å²) in [5, 5.41) is -5.89. The Morgan fingerprint density at radius 1 is 0.792 bits per heavy atom. The normalized spacial score (nSPS) is 16.4. The van der Waals surface area contributed by atoms with Gasteiger partial charge in [0.1, 0.15) is 35.8 Å². The van der Waals surface area contributed by atoms with Crippen molar-refractivity contribution >= 4 is 21.0 Å². The van der Waals surface area contributed by atoms with Gasteiger partial charge in [-0.3, -0.25) is 0 Å². The summed E-state index contributed by atoms with van der Waals surface area (Å²) in [5.41, 5.74) is -4.78. The third-order valence-corrected chi connectivity index (χ3v) is 9.63. The van der Waals surface area contributed by atoms with Crippen molar-refractivity contribution in [3.8, 4) is 23.0 Å². The highest BCUT2D eigenvalue weighted by molar-refractivity contribution is 7.97. The van der Waals surface area contributed by atoms with Crippen LogP contribution in [0.2, 0.25) is 0 Å². The number of hydrogen-bond donors (Lipinski definition) is 0. The molecular weight excluding hydrogens is 725 g/mol. The van der Waals surface area contributed by atoms with E-state index in [9.17, 15) is 61.3 Å². The molecule has 0 aromatic heterocycles. The van der Waals surface area contributed by atoms with E-state index in [-0.39, 0.29) is 21.3 Å². The smallest absolute Gasteiger partial charge is 0.432 e. The third kappa shape index (κ3) is 7.24. The first-order valence-electron chi connectivity index (χ1n) is 12.7. The molecule has 0 fully saturated rings. The van der Waals surface area contributed by atoms with Crippen molar-refractivity contribution in [3.05, 3.63) is 66.7 Å². The molecule has 3 aromatic carbocycles. The number of benzene rings is 3. The molecule has 0 radical (unpaired) electrons. The molecule has 2 unspecified atom stereocenters. The highest BCUT2D eigenvalue weighted by Crippen LogP contribution is 2.50. The predicted octanol–water partition coefficient (Wildman–Crippen LogP) is 7.20. The van der Waals surface area contributed by atoms with Crippen molar-refractivity contribution < 1.29 is 84.9 Å². The fraction of sp³-hybridized carbons (Fsp3) is 0.333. The van der Waals surface area contributed by atoms with Crippen molar-refractivity contribution in [2.75, 3.05) is 20.5 Å². The maximum atomic E-state index is 13.9. The Hall–Kier alpha value is -3.53. The molecule has 0 N–H and O–H groups in total. The molecule has 0 aliphatic carbocycles. The van der Waals surface area contributed by atoms with E-state index < -0.39 is 81.4 Å². The molecule has 1 aliphatic heterocycles. The van der Waals surface area contributed by atoms with Gasteiger partial charge in [-0.2, -0.15) is 48.3 Å². The maximum Gasteiger partial charge on any atom is 0.432 e. The summed E-state index contributed by atoms with van der Waals surface area (Å²) < 4.78 is 206. The van der Waals surface area contributed by atoms with Gasteiger partial charge in [0.15, 0.2) is 26.5 Å². The predicted molar refractivity (Wildman–Crippen MR) is 140 cm³/mol. The number of hydrogen-bond acceptors (Lipinski definition) is 8. The number of para-hydroxylation sites is 1. The molecule has 0 spiro atoms.